The zero-order chi connectivity index (χ0) is 30.1. The fourth-order valence-electron chi connectivity index (χ4n) is 5.66. The maximum Gasteiger partial charge on any atom is 0.299 e. The fourth-order valence-corrected chi connectivity index (χ4v) is 6.64. The summed E-state index contributed by atoms with van der Waals surface area (Å²) in [5.74, 6) is -0.437. The third-order valence-corrected chi connectivity index (χ3v) is 9.80. The van der Waals surface area contributed by atoms with E-state index in [0.717, 1.165) is 16.7 Å². The SMILES string of the molecule is CCS(=O)(=O)[NH+](C)c1c2c(c(OC(c3ccccc3)c3ccccc3)c3ncccc13)C(=O)N(Cc1ccc(F)cc1)C2. The number of hydrogen-bond donors (Lipinski definition) is 1. The van der Waals surface area contributed by atoms with Crippen LogP contribution < -0.4 is 9.04 Å². The Balaban J connectivity index is 1.57. The van der Waals surface area contributed by atoms with Gasteiger partial charge in [-0.2, -0.15) is 12.7 Å². The number of halogens is 1. The van der Waals surface area contributed by atoms with Crippen molar-refractivity contribution in [2.45, 2.75) is 26.1 Å². The minimum Gasteiger partial charge on any atom is -0.478 e. The quantitative estimate of drug-likeness (QED) is 0.253. The van der Waals surface area contributed by atoms with Crippen LogP contribution in [0, 0.1) is 5.82 Å². The molecule has 7 nitrogen and oxygen atoms in total. The predicted octanol–water partition coefficient (Wildman–Crippen LogP) is 5.19. The fraction of sp³-hybridized carbons (Fsp3) is 0.176. The van der Waals surface area contributed by atoms with Gasteiger partial charge >= 0.3 is 0 Å². The number of pyridine rings is 1. The van der Waals surface area contributed by atoms with E-state index in [1.165, 1.54) is 12.1 Å². The zero-order valence-electron chi connectivity index (χ0n) is 23.8. The van der Waals surface area contributed by atoms with Crippen LogP contribution in [0.5, 0.6) is 5.75 Å². The lowest BCUT2D eigenvalue weighted by atomic mass is 9.99. The van der Waals surface area contributed by atoms with E-state index >= 15 is 0 Å². The standard InChI is InChI=1S/C34H30FN3O4S/c1-3-43(40,41)37(2)31-27-15-10-20-36-30(27)33(42-32(24-11-6-4-7-12-24)25-13-8-5-9-14-25)29-28(31)22-38(34(29)39)21-23-16-18-26(35)19-17-23/h4-20,32H,3,21-22H2,1-2H3/p+1. The molecule has 1 unspecified atom stereocenters. The second-order valence-electron chi connectivity index (χ2n) is 10.5. The number of carbonyl (C=O) groups excluding carboxylic acids is 1. The molecular formula is C34H31FN3O4S+. The molecular weight excluding hydrogens is 565 g/mol. The lowest BCUT2D eigenvalue weighted by molar-refractivity contribution is -0.662. The van der Waals surface area contributed by atoms with Gasteiger partial charge in [0.15, 0.2) is 11.4 Å². The molecule has 1 aliphatic rings. The van der Waals surface area contributed by atoms with Gasteiger partial charge in [-0.15, -0.1) is 0 Å². The van der Waals surface area contributed by atoms with Crippen LogP contribution in [0.15, 0.2) is 103 Å². The average Bonchev–Trinajstić information content (AvgIpc) is 3.35. The third kappa shape index (κ3) is 5.37. The molecule has 1 amide bonds. The topological polar surface area (TPSA) is 81.0 Å². The van der Waals surface area contributed by atoms with Crippen molar-refractivity contribution in [3.63, 3.8) is 0 Å². The van der Waals surface area contributed by atoms with Crippen LogP contribution in [0.4, 0.5) is 10.1 Å². The van der Waals surface area contributed by atoms with Crippen LogP contribution in [0.25, 0.3) is 10.9 Å². The number of nitrogens with one attached hydrogen (secondary N) is 1. The Bertz CT molecular complexity index is 1860. The van der Waals surface area contributed by atoms with Gasteiger partial charge in [-0.05, 0) is 47.9 Å². The van der Waals surface area contributed by atoms with Crippen molar-refractivity contribution < 1.29 is 26.6 Å². The molecule has 0 fully saturated rings. The van der Waals surface area contributed by atoms with Crippen molar-refractivity contribution >= 4 is 32.5 Å². The number of hydrogen-bond acceptors (Lipinski definition) is 5. The Morgan fingerprint density at radius 3 is 2.16 bits per heavy atom. The van der Waals surface area contributed by atoms with E-state index in [-0.39, 0.29) is 34.9 Å². The van der Waals surface area contributed by atoms with Crippen molar-refractivity contribution in [1.82, 2.24) is 9.88 Å². The van der Waals surface area contributed by atoms with Crippen molar-refractivity contribution in [1.29, 1.82) is 0 Å². The minimum absolute atomic E-state index is 0.0784. The molecule has 0 aliphatic carbocycles. The molecule has 0 spiro atoms. The molecule has 218 valence electrons. The summed E-state index contributed by atoms with van der Waals surface area (Å²) in [5, 5.41) is 0.599. The first-order valence-corrected chi connectivity index (χ1v) is 15.7. The molecule has 1 aliphatic heterocycles. The summed E-state index contributed by atoms with van der Waals surface area (Å²) >= 11 is 0. The highest BCUT2D eigenvalue weighted by molar-refractivity contribution is 7.85. The van der Waals surface area contributed by atoms with Gasteiger partial charge in [0.25, 0.3) is 15.9 Å². The first-order chi connectivity index (χ1) is 20.8. The number of sulfonamides is 1. The first-order valence-electron chi connectivity index (χ1n) is 14.1. The smallest absolute Gasteiger partial charge is 0.299 e. The van der Waals surface area contributed by atoms with Gasteiger partial charge in [0.1, 0.15) is 17.4 Å². The van der Waals surface area contributed by atoms with Crippen LogP contribution in [-0.4, -0.2) is 37.0 Å². The molecule has 0 radical (unpaired) electrons. The van der Waals surface area contributed by atoms with Crippen LogP contribution >= 0.6 is 0 Å². The van der Waals surface area contributed by atoms with E-state index < -0.39 is 16.1 Å². The predicted molar refractivity (Wildman–Crippen MR) is 163 cm³/mol. The number of fused-ring (bicyclic) bond motifs is 2. The summed E-state index contributed by atoms with van der Waals surface area (Å²) in [5.41, 5.74) is 4.31. The van der Waals surface area contributed by atoms with Gasteiger partial charge < -0.3 is 9.64 Å². The largest absolute Gasteiger partial charge is 0.478 e. The Kier molecular flexibility index (Phi) is 7.68. The summed E-state index contributed by atoms with van der Waals surface area (Å²) in [6, 6.07) is 29.0. The number of quaternary nitrogens is 1. The summed E-state index contributed by atoms with van der Waals surface area (Å²) in [4.78, 5) is 20.6. The maximum absolute atomic E-state index is 14.3. The second kappa shape index (κ2) is 11.6. The molecule has 2 heterocycles. The van der Waals surface area contributed by atoms with Gasteiger partial charge in [-0.3, -0.25) is 9.78 Å². The molecule has 0 bridgehead atoms. The van der Waals surface area contributed by atoms with Crippen LogP contribution in [-0.2, 0) is 23.1 Å². The van der Waals surface area contributed by atoms with E-state index in [1.54, 1.807) is 43.3 Å². The van der Waals surface area contributed by atoms with Crippen molar-refractivity contribution in [2.75, 3.05) is 12.8 Å². The maximum atomic E-state index is 14.3. The molecule has 1 atom stereocenters. The Labute approximate surface area is 250 Å². The monoisotopic (exact) mass is 596 g/mol. The zero-order valence-corrected chi connectivity index (χ0v) is 24.6. The van der Waals surface area contributed by atoms with Crippen LogP contribution in [0.1, 0.15) is 45.6 Å². The number of rotatable bonds is 9. The number of nitrogens with zero attached hydrogens (tertiary/aromatic N) is 2. The van der Waals surface area contributed by atoms with E-state index in [4.69, 9.17) is 4.74 Å². The van der Waals surface area contributed by atoms with Gasteiger partial charge in [-0.25, -0.2) is 4.39 Å². The third-order valence-electron chi connectivity index (χ3n) is 7.90. The summed E-state index contributed by atoms with van der Waals surface area (Å²) in [6.07, 6.45) is 1.05. The average molecular weight is 597 g/mol. The normalized spacial score (nSPS) is 13.9. The molecule has 1 aromatic heterocycles. The van der Waals surface area contributed by atoms with Gasteiger partial charge in [0, 0.05) is 12.7 Å². The lowest BCUT2D eigenvalue weighted by Gasteiger charge is -2.24. The molecule has 0 saturated carbocycles. The number of ether oxygens (including phenoxy) is 1. The van der Waals surface area contributed by atoms with Crippen LogP contribution in [0.2, 0.25) is 0 Å². The number of benzene rings is 4. The molecule has 6 rings (SSSR count). The van der Waals surface area contributed by atoms with E-state index in [1.807, 2.05) is 66.7 Å². The Morgan fingerprint density at radius 2 is 1.56 bits per heavy atom. The second-order valence-corrected chi connectivity index (χ2v) is 12.9. The molecule has 1 N–H and O–H groups in total. The van der Waals surface area contributed by atoms with Gasteiger partial charge in [0.2, 0.25) is 0 Å². The summed E-state index contributed by atoms with van der Waals surface area (Å²) in [6.45, 7) is 1.99. The van der Waals surface area contributed by atoms with E-state index in [0.29, 0.717) is 33.5 Å². The molecule has 5 aromatic rings. The Morgan fingerprint density at radius 1 is 0.930 bits per heavy atom. The number of aromatic nitrogens is 1. The Hall–Kier alpha value is -4.60. The summed E-state index contributed by atoms with van der Waals surface area (Å²) in [7, 11) is -2.02. The molecule has 0 saturated heterocycles. The van der Waals surface area contributed by atoms with E-state index in [2.05, 4.69) is 4.98 Å². The van der Waals surface area contributed by atoms with Gasteiger partial charge in [0.05, 0.1) is 35.9 Å². The van der Waals surface area contributed by atoms with Crippen molar-refractivity contribution in [2.24, 2.45) is 0 Å². The first kappa shape index (κ1) is 28.5. The minimum atomic E-state index is -3.61. The highest BCUT2D eigenvalue weighted by Gasteiger charge is 2.41. The van der Waals surface area contributed by atoms with E-state index in [9.17, 15) is 17.6 Å². The highest BCUT2D eigenvalue weighted by atomic mass is 32.2. The van der Waals surface area contributed by atoms with Gasteiger partial charge in [-0.1, -0.05) is 72.8 Å². The summed E-state index contributed by atoms with van der Waals surface area (Å²) < 4.78 is 47.2. The highest BCUT2D eigenvalue weighted by Crippen LogP contribution is 2.44. The number of amides is 1. The molecule has 43 heavy (non-hydrogen) atoms. The van der Waals surface area contributed by atoms with Crippen molar-refractivity contribution in [3.05, 3.63) is 137 Å². The number of carbonyl (C=O) groups is 1. The molecule has 4 aromatic carbocycles. The van der Waals surface area contributed by atoms with Crippen molar-refractivity contribution in [3.8, 4) is 5.75 Å². The van der Waals surface area contributed by atoms with Crippen LogP contribution in [0.3, 0.4) is 0 Å². The molecule has 9 heteroatoms. The lowest BCUT2D eigenvalue weighted by Crippen LogP contribution is -3.06.